The number of aromatic carboxylic acids is 1. The first kappa shape index (κ1) is 28.7. The largest absolute Gasteiger partial charge is 0.492 e. The van der Waals surface area contributed by atoms with E-state index in [-0.39, 0.29) is 16.8 Å². The number of carboxylic acids is 1. The van der Waals surface area contributed by atoms with Gasteiger partial charge >= 0.3 is 5.97 Å². The minimum Gasteiger partial charge on any atom is -0.492 e. The molecule has 2 aromatic carbocycles. The fourth-order valence-corrected chi connectivity index (χ4v) is 6.27. The lowest BCUT2D eigenvalue weighted by Crippen LogP contribution is -2.47. The Morgan fingerprint density at radius 1 is 0.953 bits per heavy atom. The average molecular weight is 586 g/mol. The predicted octanol–water partition coefficient (Wildman–Crippen LogP) is 4.93. The molecule has 2 aliphatic rings. The number of carbonyl (C=O) groups is 1. The van der Waals surface area contributed by atoms with Crippen LogP contribution in [0.15, 0.2) is 65.7 Å². The molecule has 4 heterocycles. The van der Waals surface area contributed by atoms with Gasteiger partial charge in [0, 0.05) is 50.8 Å². The lowest BCUT2D eigenvalue weighted by molar-refractivity contribution is 0.0695. The zero-order valence-electron chi connectivity index (χ0n) is 24.3. The van der Waals surface area contributed by atoms with Crippen molar-refractivity contribution in [2.24, 2.45) is 0 Å². The second kappa shape index (κ2) is 12.4. The maximum absolute atomic E-state index is 15.9. The van der Waals surface area contributed by atoms with E-state index in [9.17, 15) is 14.7 Å². The van der Waals surface area contributed by atoms with E-state index in [1.807, 2.05) is 47.4 Å². The van der Waals surface area contributed by atoms with Crippen LogP contribution >= 0.6 is 0 Å². The summed E-state index contributed by atoms with van der Waals surface area (Å²) in [4.78, 5) is 36.4. The number of nitrogens with zero attached hydrogens (tertiary/aromatic N) is 5. The molecule has 0 spiro atoms. The SMILES string of the molecule is COc1c(N2CCN(c3ccccn3)CC2)c(F)cc2c(=O)c(C(=O)O)cn(-c3ccc(CN4CCCCCC4)cc3)c12. The quantitative estimate of drug-likeness (QED) is 0.327. The molecule has 224 valence electrons. The van der Waals surface area contributed by atoms with E-state index < -0.39 is 22.8 Å². The Morgan fingerprint density at radius 2 is 1.65 bits per heavy atom. The van der Waals surface area contributed by atoms with Crippen molar-refractivity contribution in [2.45, 2.75) is 32.2 Å². The number of rotatable bonds is 7. The molecule has 0 amide bonds. The molecule has 0 saturated carbocycles. The summed E-state index contributed by atoms with van der Waals surface area (Å²) in [6.07, 6.45) is 8.02. The van der Waals surface area contributed by atoms with Crippen LogP contribution < -0.4 is 20.0 Å². The van der Waals surface area contributed by atoms with Gasteiger partial charge in [-0.1, -0.05) is 31.0 Å². The first-order valence-corrected chi connectivity index (χ1v) is 14.9. The summed E-state index contributed by atoms with van der Waals surface area (Å²) in [5, 5.41) is 9.81. The third-order valence-electron chi connectivity index (χ3n) is 8.49. The van der Waals surface area contributed by atoms with Gasteiger partial charge in [0.1, 0.15) is 22.6 Å². The van der Waals surface area contributed by atoms with Gasteiger partial charge in [0.05, 0.1) is 12.5 Å². The zero-order valence-corrected chi connectivity index (χ0v) is 24.3. The number of methoxy groups -OCH3 is 1. The van der Waals surface area contributed by atoms with Crippen LogP contribution in [-0.2, 0) is 6.54 Å². The molecule has 43 heavy (non-hydrogen) atoms. The highest BCUT2D eigenvalue weighted by Crippen LogP contribution is 2.39. The van der Waals surface area contributed by atoms with Crippen LogP contribution in [0.1, 0.15) is 41.6 Å². The highest BCUT2D eigenvalue weighted by Gasteiger charge is 2.28. The zero-order chi connectivity index (χ0) is 29.9. The highest BCUT2D eigenvalue weighted by atomic mass is 19.1. The van der Waals surface area contributed by atoms with E-state index >= 15 is 4.39 Å². The molecule has 0 radical (unpaired) electrons. The molecule has 10 heteroatoms. The van der Waals surface area contributed by atoms with Crippen LogP contribution in [0.2, 0.25) is 0 Å². The number of halogens is 1. The summed E-state index contributed by atoms with van der Waals surface area (Å²) in [5.41, 5.74) is 1.22. The number of aromatic nitrogens is 2. The second-order valence-corrected chi connectivity index (χ2v) is 11.2. The number of hydrogen-bond acceptors (Lipinski definition) is 7. The minimum atomic E-state index is -1.37. The molecule has 2 fully saturated rings. The molecule has 0 aliphatic carbocycles. The van der Waals surface area contributed by atoms with E-state index in [4.69, 9.17) is 4.74 Å². The van der Waals surface area contributed by atoms with Gasteiger partial charge in [-0.15, -0.1) is 0 Å². The van der Waals surface area contributed by atoms with E-state index in [0.29, 0.717) is 37.4 Å². The van der Waals surface area contributed by atoms with Gasteiger partial charge < -0.3 is 24.2 Å². The molecule has 9 nitrogen and oxygen atoms in total. The molecular formula is C33H36FN5O4. The van der Waals surface area contributed by atoms with Crippen LogP contribution in [0.25, 0.3) is 16.6 Å². The van der Waals surface area contributed by atoms with Crippen molar-refractivity contribution in [2.75, 3.05) is 56.2 Å². The Labute approximate surface area is 249 Å². The molecule has 1 N–H and O–H groups in total. The van der Waals surface area contributed by atoms with Crippen molar-refractivity contribution in [1.29, 1.82) is 0 Å². The molecule has 0 bridgehead atoms. The number of fused-ring (bicyclic) bond motifs is 1. The normalized spacial score (nSPS) is 16.3. The smallest absolute Gasteiger partial charge is 0.341 e. The van der Waals surface area contributed by atoms with Crippen LogP contribution in [0, 0.1) is 5.82 Å². The van der Waals surface area contributed by atoms with E-state index in [2.05, 4.69) is 14.8 Å². The summed E-state index contributed by atoms with van der Waals surface area (Å²) in [6, 6.07) is 14.8. The van der Waals surface area contributed by atoms with Crippen molar-refractivity contribution >= 4 is 28.4 Å². The van der Waals surface area contributed by atoms with Crippen molar-refractivity contribution < 1.29 is 19.0 Å². The van der Waals surface area contributed by atoms with Gasteiger partial charge in [0.2, 0.25) is 5.43 Å². The first-order valence-electron chi connectivity index (χ1n) is 14.9. The molecule has 6 rings (SSSR count). The van der Waals surface area contributed by atoms with E-state index in [1.54, 1.807) is 10.8 Å². The Hall–Kier alpha value is -4.44. The number of hydrogen-bond donors (Lipinski definition) is 1. The number of likely N-dealkylation sites (tertiary alicyclic amines) is 1. The van der Waals surface area contributed by atoms with E-state index in [0.717, 1.165) is 37.1 Å². The summed E-state index contributed by atoms with van der Waals surface area (Å²) in [5.74, 6) is -0.937. The number of anilines is 2. The summed E-state index contributed by atoms with van der Waals surface area (Å²) < 4.78 is 23.4. The molecule has 0 atom stereocenters. The standard InChI is InChI=1S/C33H36FN5O4/c1-43-32-29-25(20-27(34)30(32)38-18-16-37(17-19-38)28-8-4-5-13-35-28)31(40)26(33(41)42)22-39(29)24-11-9-23(10-12-24)21-36-14-6-2-3-7-15-36/h4-5,8-13,20,22H,2-3,6-7,14-19,21H2,1H3,(H,41,42). The lowest BCUT2D eigenvalue weighted by atomic mass is 10.1. The monoisotopic (exact) mass is 585 g/mol. The predicted molar refractivity (Wildman–Crippen MR) is 165 cm³/mol. The summed E-state index contributed by atoms with van der Waals surface area (Å²) in [7, 11) is 1.45. The number of benzene rings is 2. The topological polar surface area (TPSA) is 91.1 Å². The average Bonchev–Trinajstić information content (AvgIpc) is 3.30. The maximum atomic E-state index is 15.9. The summed E-state index contributed by atoms with van der Waals surface area (Å²) in [6.45, 7) is 5.28. The lowest BCUT2D eigenvalue weighted by Gasteiger charge is -2.37. The Morgan fingerprint density at radius 3 is 2.28 bits per heavy atom. The maximum Gasteiger partial charge on any atom is 0.341 e. The van der Waals surface area contributed by atoms with Gasteiger partial charge in [-0.25, -0.2) is 14.2 Å². The second-order valence-electron chi connectivity index (χ2n) is 11.2. The van der Waals surface area contributed by atoms with Gasteiger partial charge in [-0.3, -0.25) is 9.69 Å². The van der Waals surface area contributed by atoms with Crippen LogP contribution in [0.3, 0.4) is 0 Å². The van der Waals surface area contributed by atoms with Gasteiger partial charge in [-0.05, 0) is 61.8 Å². The molecule has 0 unspecified atom stereocenters. The van der Waals surface area contributed by atoms with Crippen molar-refractivity contribution in [3.63, 3.8) is 0 Å². The number of pyridine rings is 2. The van der Waals surface area contributed by atoms with Crippen LogP contribution in [-0.4, -0.2) is 71.9 Å². The molecule has 2 aromatic heterocycles. The number of ether oxygens (including phenoxy) is 1. The van der Waals surface area contributed by atoms with Crippen molar-refractivity contribution in [3.05, 3.63) is 88.1 Å². The fraction of sp³-hybridized carbons (Fsp3) is 0.364. The van der Waals surface area contributed by atoms with Crippen molar-refractivity contribution in [1.82, 2.24) is 14.5 Å². The van der Waals surface area contributed by atoms with Crippen LogP contribution in [0.4, 0.5) is 15.9 Å². The molecular weight excluding hydrogens is 549 g/mol. The minimum absolute atomic E-state index is 0.0428. The van der Waals surface area contributed by atoms with Gasteiger partial charge in [0.25, 0.3) is 0 Å². The molecule has 4 aromatic rings. The van der Waals surface area contributed by atoms with Crippen molar-refractivity contribution in [3.8, 4) is 11.4 Å². The Kier molecular flexibility index (Phi) is 8.29. The third kappa shape index (κ3) is 5.79. The Balaban J connectivity index is 1.40. The van der Waals surface area contributed by atoms with Gasteiger partial charge in [-0.2, -0.15) is 0 Å². The Bertz CT molecular complexity index is 1660. The third-order valence-corrected chi connectivity index (χ3v) is 8.49. The highest BCUT2D eigenvalue weighted by molar-refractivity contribution is 5.97. The molecule has 2 saturated heterocycles. The summed E-state index contributed by atoms with van der Waals surface area (Å²) >= 11 is 0. The first-order chi connectivity index (χ1) is 20.9. The fourth-order valence-electron chi connectivity index (χ4n) is 6.27. The van der Waals surface area contributed by atoms with Crippen LogP contribution in [0.5, 0.6) is 5.75 Å². The number of piperazine rings is 1. The van der Waals surface area contributed by atoms with E-state index in [1.165, 1.54) is 39.0 Å². The van der Waals surface area contributed by atoms with Gasteiger partial charge in [0.15, 0.2) is 11.6 Å². The number of carboxylic acid groups (broad SMARTS) is 1. The molecule has 2 aliphatic heterocycles.